The van der Waals surface area contributed by atoms with Crippen LogP contribution in [0.25, 0.3) is 0 Å². The van der Waals surface area contributed by atoms with Crippen molar-refractivity contribution in [2.24, 2.45) is 5.41 Å². The number of ether oxygens (including phenoxy) is 1. The standard InChI is InChI=1S/C9H10O3.C5H12O4/c1-2-9(11)12-8-6-4-3-5-7(8)10;6-1-5(2-7,3-8)4-9/h3-6,10H,2H2,1H3;6-9H,1-4H2. The molecule has 1 aromatic rings. The summed E-state index contributed by atoms with van der Waals surface area (Å²) < 4.78 is 4.81. The van der Waals surface area contributed by atoms with E-state index in [1.807, 2.05) is 0 Å². The van der Waals surface area contributed by atoms with E-state index in [0.29, 0.717) is 6.42 Å². The first-order valence-corrected chi connectivity index (χ1v) is 6.40. The SMILES string of the molecule is CCC(=O)Oc1ccccc1O.OCC(CO)(CO)CO. The van der Waals surface area contributed by atoms with Gasteiger partial charge in [0.2, 0.25) is 0 Å². The number of carbonyl (C=O) groups excluding carboxylic acids is 1. The topological polar surface area (TPSA) is 127 Å². The Bertz CT molecular complexity index is 398. The second-order valence-electron chi connectivity index (χ2n) is 4.43. The molecular formula is C14H22O7. The van der Waals surface area contributed by atoms with Gasteiger partial charge in [-0.1, -0.05) is 19.1 Å². The molecule has 120 valence electrons. The molecule has 0 aliphatic rings. The number of carbonyl (C=O) groups is 1. The summed E-state index contributed by atoms with van der Waals surface area (Å²) in [6, 6.07) is 6.37. The maximum atomic E-state index is 10.8. The van der Waals surface area contributed by atoms with E-state index < -0.39 is 31.8 Å². The third-order valence-corrected chi connectivity index (χ3v) is 2.72. The van der Waals surface area contributed by atoms with Crippen molar-refractivity contribution in [3.05, 3.63) is 24.3 Å². The molecule has 0 fully saturated rings. The van der Waals surface area contributed by atoms with Gasteiger partial charge in [-0.25, -0.2) is 0 Å². The van der Waals surface area contributed by atoms with Gasteiger partial charge >= 0.3 is 5.97 Å². The van der Waals surface area contributed by atoms with E-state index in [2.05, 4.69) is 0 Å². The Labute approximate surface area is 123 Å². The average Bonchev–Trinajstić information content (AvgIpc) is 2.53. The monoisotopic (exact) mass is 302 g/mol. The fourth-order valence-electron chi connectivity index (χ4n) is 1.04. The first kappa shape index (κ1) is 19.3. The van der Waals surface area contributed by atoms with Crippen molar-refractivity contribution in [3.8, 4) is 11.5 Å². The lowest BCUT2D eigenvalue weighted by Gasteiger charge is -2.23. The molecule has 7 nitrogen and oxygen atoms in total. The molecule has 0 bridgehead atoms. The lowest BCUT2D eigenvalue weighted by Crippen LogP contribution is -2.37. The second-order valence-corrected chi connectivity index (χ2v) is 4.43. The quantitative estimate of drug-likeness (QED) is 0.359. The maximum Gasteiger partial charge on any atom is 0.311 e. The van der Waals surface area contributed by atoms with Crippen molar-refractivity contribution in [1.29, 1.82) is 0 Å². The largest absolute Gasteiger partial charge is 0.504 e. The first-order valence-electron chi connectivity index (χ1n) is 6.40. The molecular weight excluding hydrogens is 280 g/mol. The highest BCUT2D eigenvalue weighted by Gasteiger charge is 2.26. The highest BCUT2D eigenvalue weighted by Crippen LogP contribution is 2.24. The van der Waals surface area contributed by atoms with Gasteiger partial charge in [0.1, 0.15) is 0 Å². The Morgan fingerprint density at radius 3 is 1.86 bits per heavy atom. The van der Waals surface area contributed by atoms with E-state index in [1.54, 1.807) is 25.1 Å². The summed E-state index contributed by atoms with van der Waals surface area (Å²) >= 11 is 0. The van der Waals surface area contributed by atoms with Crippen LogP contribution in [0.2, 0.25) is 0 Å². The van der Waals surface area contributed by atoms with Crippen LogP contribution in [0, 0.1) is 5.41 Å². The van der Waals surface area contributed by atoms with E-state index in [0.717, 1.165) is 0 Å². The number of aromatic hydroxyl groups is 1. The van der Waals surface area contributed by atoms with Gasteiger partial charge in [-0.15, -0.1) is 0 Å². The van der Waals surface area contributed by atoms with Gasteiger partial charge in [-0.05, 0) is 12.1 Å². The molecule has 0 amide bonds. The summed E-state index contributed by atoms with van der Waals surface area (Å²) in [5, 5.41) is 43.2. The molecule has 0 saturated carbocycles. The second kappa shape index (κ2) is 10.1. The molecule has 1 aromatic carbocycles. The molecule has 21 heavy (non-hydrogen) atoms. The molecule has 0 aliphatic heterocycles. The summed E-state index contributed by atoms with van der Waals surface area (Å²) in [6.07, 6.45) is 0.300. The van der Waals surface area contributed by atoms with E-state index >= 15 is 0 Å². The van der Waals surface area contributed by atoms with Gasteiger partial charge in [0.05, 0.1) is 31.8 Å². The number of hydrogen-bond donors (Lipinski definition) is 5. The fourth-order valence-corrected chi connectivity index (χ4v) is 1.04. The van der Waals surface area contributed by atoms with Crippen molar-refractivity contribution in [2.75, 3.05) is 26.4 Å². The van der Waals surface area contributed by atoms with E-state index in [9.17, 15) is 9.90 Å². The minimum Gasteiger partial charge on any atom is -0.504 e. The first-order chi connectivity index (χ1) is 9.98. The van der Waals surface area contributed by atoms with Crippen LogP contribution in [-0.2, 0) is 4.79 Å². The molecule has 0 spiro atoms. The number of esters is 1. The Morgan fingerprint density at radius 1 is 1.05 bits per heavy atom. The van der Waals surface area contributed by atoms with Crippen LogP contribution in [0.4, 0.5) is 0 Å². The third-order valence-electron chi connectivity index (χ3n) is 2.72. The Hall–Kier alpha value is -1.67. The minimum atomic E-state index is -1.11. The number of phenolic OH excluding ortho intramolecular Hbond substituents is 1. The molecule has 5 N–H and O–H groups in total. The molecule has 0 heterocycles. The smallest absolute Gasteiger partial charge is 0.311 e. The van der Waals surface area contributed by atoms with Crippen LogP contribution in [0.5, 0.6) is 11.5 Å². The number of aliphatic hydroxyl groups is 4. The van der Waals surface area contributed by atoms with E-state index in [-0.39, 0.29) is 17.5 Å². The third kappa shape index (κ3) is 6.54. The number of para-hydroxylation sites is 2. The predicted octanol–water partition coefficient (Wildman–Crippen LogP) is -0.350. The zero-order valence-electron chi connectivity index (χ0n) is 11.9. The van der Waals surface area contributed by atoms with Crippen LogP contribution in [-0.4, -0.2) is 57.9 Å². The van der Waals surface area contributed by atoms with Gasteiger partial charge < -0.3 is 30.3 Å². The van der Waals surface area contributed by atoms with Crippen molar-refractivity contribution < 1.29 is 35.1 Å². The molecule has 0 radical (unpaired) electrons. The Morgan fingerprint density at radius 2 is 1.52 bits per heavy atom. The predicted molar refractivity (Wildman–Crippen MR) is 74.8 cm³/mol. The molecule has 0 atom stereocenters. The molecule has 7 heteroatoms. The lowest BCUT2D eigenvalue weighted by molar-refractivity contribution is -0.134. The number of aliphatic hydroxyl groups excluding tert-OH is 4. The van der Waals surface area contributed by atoms with Gasteiger partial charge in [-0.3, -0.25) is 4.79 Å². The maximum absolute atomic E-state index is 10.8. The summed E-state index contributed by atoms with van der Waals surface area (Å²) in [5.74, 6) is -0.153. The Kier molecular flexibility index (Phi) is 9.31. The van der Waals surface area contributed by atoms with Crippen molar-refractivity contribution in [2.45, 2.75) is 13.3 Å². The summed E-state index contributed by atoms with van der Waals surface area (Å²) in [7, 11) is 0. The average molecular weight is 302 g/mol. The molecule has 1 rings (SSSR count). The van der Waals surface area contributed by atoms with Crippen molar-refractivity contribution in [1.82, 2.24) is 0 Å². The molecule has 0 unspecified atom stereocenters. The summed E-state index contributed by atoms with van der Waals surface area (Å²) in [4.78, 5) is 10.8. The van der Waals surface area contributed by atoms with Crippen LogP contribution >= 0.6 is 0 Å². The number of phenols is 1. The zero-order chi connectivity index (χ0) is 16.3. The number of rotatable bonds is 6. The van der Waals surface area contributed by atoms with Crippen LogP contribution < -0.4 is 4.74 Å². The molecule has 0 saturated heterocycles. The molecule has 0 aliphatic carbocycles. The van der Waals surface area contributed by atoms with Gasteiger partial charge in [0, 0.05) is 6.42 Å². The van der Waals surface area contributed by atoms with Gasteiger partial charge in [-0.2, -0.15) is 0 Å². The number of benzene rings is 1. The highest BCUT2D eigenvalue weighted by atomic mass is 16.5. The number of hydrogen-bond acceptors (Lipinski definition) is 7. The van der Waals surface area contributed by atoms with Gasteiger partial charge in [0.15, 0.2) is 11.5 Å². The minimum absolute atomic E-state index is 0.0145. The van der Waals surface area contributed by atoms with Crippen molar-refractivity contribution >= 4 is 5.97 Å². The van der Waals surface area contributed by atoms with Crippen LogP contribution in [0.15, 0.2) is 24.3 Å². The summed E-state index contributed by atoms with van der Waals surface area (Å²) in [6.45, 7) is 0.0717. The lowest BCUT2D eigenvalue weighted by atomic mass is 9.93. The van der Waals surface area contributed by atoms with Crippen molar-refractivity contribution in [3.63, 3.8) is 0 Å². The van der Waals surface area contributed by atoms with Crippen LogP contribution in [0.3, 0.4) is 0 Å². The fraction of sp³-hybridized carbons (Fsp3) is 0.500. The highest BCUT2D eigenvalue weighted by molar-refractivity contribution is 5.72. The van der Waals surface area contributed by atoms with E-state index in [4.69, 9.17) is 25.2 Å². The molecule has 0 aromatic heterocycles. The zero-order valence-corrected chi connectivity index (χ0v) is 11.9. The van der Waals surface area contributed by atoms with Gasteiger partial charge in [0.25, 0.3) is 0 Å². The van der Waals surface area contributed by atoms with E-state index in [1.165, 1.54) is 6.07 Å². The van der Waals surface area contributed by atoms with Crippen LogP contribution in [0.1, 0.15) is 13.3 Å². The normalized spacial score (nSPS) is 10.5. The Balaban J connectivity index is 0.000000400. The summed E-state index contributed by atoms with van der Waals surface area (Å²) in [5.41, 5.74) is -1.11.